The highest BCUT2D eigenvalue weighted by atomic mass is 19.1. The molecule has 22 heavy (non-hydrogen) atoms. The molecule has 0 aliphatic heterocycles. The van der Waals surface area contributed by atoms with Crippen LogP contribution in [0.2, 0.25) is 0 Å². The minimum Gasteiger partial charge on any atom is -0.496 e. The average molecular weight is 302 g/mol. The molecule has 0 radical (unpaired) electrons. The van der Waals surface area contributed by atoms with Crippen molar-refractivity contribution in [3.63, 3.8) is 0 Å². The molecule has 0 aliphatic rings. The van der Waals surface area contributed by atoms with E-state index in [0.717, 1.165) is 11.3 Å². The first kappa shape index (κ1) is 15.8. The van der Waals surface area contributed by atoms with E-state index in [1.165, 1.54) is 6.07 Å². The molecule has 0 saturated heterocycles. The van der Waals surface area contributed by atoms with Gasteiger partial charge in [-0.25, -0.2) is 4.39 Å². The molecular weight excluding hydrogens is 283 g/mol. The normalized spacial score (nSPS) is 11.1. The third kappa shape index (κ3) is 4.18. The largest absolute Gasteiger partial charge is 0.496 e. The first-order valence-electron chi connectivity index (χ1n) is 6.90. The van der Waals surface area contributed by atoms with Crippen molar-refractivity contribution in [1.82, 2.24) is 15.6 Å². The highest BCUT2D eigenvalue weighted by Gasteiger charge is 2.05. The van der Waals surface area contributed by atoms with E-state index in [2.05, 4.69) is 20.6 Å². The lowest BCUT2D eigenvalue weighted by Gasteiger charge is -2.13. The van der Waals surface area contributed by atoms with Gasteiger partial charge in [0.1, 0.15) is 11.6 Å². The van der Waals surface area contributed by atoms with Crippen molar-refractivity contribution in [2.75, 3.05) is 14.2 Å². The Balaban J connectivity index is 1.92. The Bertz CT molecular complexity index is 646. The lowest BCUT2D eigenvalue weighted by atomic mass is 10.2. The monoisotopic (exact) mass is 302 g/mol. The van der Waals surface area contributed by atoms with Crippen molar-refractivity contribution in [1.29, 1.82) is 0 Å². The summed E-state index contributed by atoms with van der Waals surface area (Å²) in [4.78, 5) is 8.10. The van der Waals surface area contributed by atoms with Gasteiger partial charge in [0.25, 0.3) is 0 Å². The Labute approximate surface area is 129 Å². The Morgan fingerprint density at radius 2 is 1.95 bits per heavy atom. The van der Waals surface area contributed by atoms with Crippen LogP contribution in [-0.2, 0) is 13.1 Å². The van der Waals surface area contributed by atoms with Gasteiger partial charge in [0.05, 0.1) is 19.3 Å². The summed E-state index contributed by atoms with van der Waals surface area (Å²) in [5.41, 5.74) is 1.36. The molecule has 116 valence electrons. The van der Waals surface area contributed by atoms with Gasteiger partial charge in [-0.3, -0.25) is 9.98 Å². The molecule has 1 heterocycles. The number of hydrogen-bond acceptors (Lipinski definition) is 3. The molecule has 0 spiro atoms. The van der Waals surface area contributed by atoms with E-state index in [1.54, 1.807) is 26.4 Å². The zero-order valence-electron chi connectivity index (χ0n) is 12.6. The van der Waals surface area contributed by atoms with E-state index < -0.39 is 0 Å². The van der Waals surface area contributed by atoms with Crippen molar-refractivity contribution in [2.24, 2.45) is 4.99 Å². The van der Waals surface area contributed by atoms with Gasteiger partial charge in [-0.05, 0) is 18.2 Å². The molecule has 5 nitrogen and oxygen atoms in total. The zero-order valence-corrected chi connectivity index (χ0v) is 12.6. The predicted molar refractivity (Wildman–Crippen MR) is 84.2 cm³/mol. The average Bonchev–Trinajstić information content (AvgIpc) is 2.56. The van der Waals surface area contributed by atoms with E-state index in [4.69, 9.17) is 4.74 Å². The maximum absolute atomic E-state index is 13.5. The Morgan fingerprint density at radius 3 is 2.68 bits per heavy atom. The summed E-state index contributed by atoms with van der Waals surface area (Å²) >= 11 is 0. The first-order chi connectivity index (χ1) is 10.7. The number of ether oxygens (including phenoxy) is 1. The van der Waals surface area contributed by atoms with Gasteiger partial charge < -0.3 is 15.4 Å². The maximum Gasteiger partial charge on any atom is 0.191 e. The van der Waals surface area contributed by atoms with Gasteiger partial charge in [-0.1, -0.05) is 18.2 Å². The third-order valence-corrected chi connectivity index (χ3v) is 3.12. The molecule has 0 unspecified atom stereocenters. The quantitative estimate of drug-likeness (QED) is 0.656. The van der Waals surface area contributed by atoms with Crippen LogP contribution in [-0.4, -0.2) is 25.1 Å². The summed E-state index contributed by atoms with van der Waals surface area (Å²) in [6, 6.07) is 10.7. The molecule has 2 N–H and O–H groups in total. The standard InChI is InChI=1S/C16H19FN4O/c1-18-16(21-11-14-13(17)7-5-9-19-14)20-10-12-6-3-4-8-15(12)22-2/h3-9H,10-11H2,1-2H3,(H2,18,20,21). The summed E-state index contributed by atoms with van der Waals surface area (Å²) in [6.07, 6.45) is 1.56. The molecule has 1 aromatic carbocycles. The van der Waals surface area contributed by atoms with Crippen LogP contribution < -0.4 is 15.4 Å². The number of hydrogen-bond donors (Lipinski definition) is 2. The molecule has 2 rings (SSSR count). The van der Waals surface area contributed by atoms with Crippen molar-refractivity contribution in [3.8, 4) is 5.75 Å². The topological polar surface area (TPSA) is 58.5 Å². The lowest BCUT2D eigenvalue weighted by Crippen LogP contribution is -2.36. The van der Waals surface area contributed by atoms with Crippen LogP contribution in [0.3, 0.4) is 0 Å². The fourth-order valence-electron chi connectivity index (χ4n) is 1.96. The van der Waals surface area contributed by atoms with Gasteiger partial charge in [0.2, 0.25) is 0 Å². The van der Waals surface area contributed by atoms with Crippen molar-refractivity contribution in [2.45, 2.75) is 13.1 Å². The fourth-order valence-corrected chi connectivity index (χ4v) is 1.96. The number of aliphatic imine (C=N–C) groups is 1. The van der Waals surface area contributed by atoms with Crippen molar-refractivity contribution in [3.05, 3.63) is 59.7 Å². The predicted octanol–water partition coefficient (Wildman–Crippen LogP) is 2.09. The van der Waals surface area contributed by atoms with E-state index >= 15 is 0 Å². The number of benzene rings is 1. The minimum absolute atomic E-state index is 0.262. The van der Waals surface area contributed by atoms with Crippen LogP contribution in [0.15, 0.2) is 47.6 Å². The molecule has 0 atom stereocenters. The second kappa shape index (κ2) is 7.97. The second-order valence-electron chi connectivity index (χ2n) is 4.52. The molecular formula is C16H19FN4O. The molecule has 0 saturated carbocycles. The van der Waals surface area contributed by atoms with Gasteiger partial charge >= 0.3 is 0 Å². The van der Waals surface area contributed by atoms with Gasteiger partial charge in [-0.15, -0.1) is 0 Å². The molecule has 6 heteroatoms. The Kier molecular flexibility index (Phi) is 5.71. The zero-order chi connectivity index (χ0) is 15.8. The highest BCUT2D eigenvalue weighted by molar-refractivity contribution is 5.79. The summed E-state index contributed by atoms with van der Waals surface area (Å²) in [5, 5.41) is 6.19. The number of rotatable bonds is 5. The van der Waals surface area contributed by atoms with Gasteiger partial charge in [-0.2, -0.15) is 0 Å². The van der Waals surface area contributed by atoms with E-state index in [1.807, 2.05) is 24.3 Å². The number of pyridine rings is 1. The highest BCUT2D eigenvalue weighted by Crippen LogP contribution is 2.16. The minimum atomic E-state index is -0.338. The van der Waals surface area contributed by atoms with Crippen molar-refractivity contribution < 1.29 is 9.13 Å². The van der Waals surface area contributed by atoms with Crippen LogP contribution in [0.1, 0.15) is 11.3 Å². The number of para-hydroxylation sites is 1. The van der Waals surface area contributed by atoms with E-state index in [0.29, 0.717) is 18.2 Å². The summed E-state index contributed by atoms with van der Waals surface area (Å²) in [7, 11) is 3.29. The fraction of sp³-hybridized carbons (Fsp3) is 0.250. The van der Waals surface area contributed by atoms with E-state index in [-0.39, 0.29) is 12.4 Å². The van der Waals surface area contributed by atoms with Crippen LogP contribution in [0.5, 0.6) is 5.75 Å². The summed E-state index contributed by atoms with van der Waals surface area (Å²) < 4.78 is 18.8. The second-order valence-corrected chi connectivity index (χ2v) is 4.52. The number of halogens is 1. The van der Waals surface area contributed by atoms with Crippen LogP contribution in [0.4, 0.5) is 4.39 Å². The molecule has 1 aromatic heterocycles. The maximum atomic E-state index is 13.5. The lowest BCUT2D eigenvalue weighted by molar-refractivity contribution is 0.409. The molecule has 0 bridgehead atoms. The van der Waals surface area contributed by atoms with Crippen LogP contribution >= 0.6 is 0 Å². The number of guanidine groups is 1. The third-order valence-electron chi connectivity index (χ3n) is 3.12. The summed E-state index contributed by atoms with van der Waals surface area (Å²) in [5.74, 6) is 1.03. The van der Waals surface area contributed by atoms with Crippen LogP contribution in [0.25, 0.3) is 0 Å². The SMILES string of the molecule is CN=C(NCc1ccccc1OC)NCc1ncccc1F. The Hall–Kier alpha value is -2.63. The number of aromatic nitrogens is 1. The molecule has 2 aromatic rings. The van der Waals surface area contributed by atoms with Crippen LogP contribution in [0, 0.1) is 5.82 Å². The Morgan fingerprint density at radius 1 is 1.18 bits per heavy atom. The number of nitrogens with one attached hydrogen (secondary N) is 2. The van der Waals surface area contributed by atoms with Gasteiger partial charge in [0.15, 0.2) is 5.96 Å². The first-order valence-corrected chi connectivity index (χ1v) is 6.90. The smallest absolute Gasteiger partial charge is 0.191 e. The van der Waals surface area contributed by atoms with Gasteiger partial charge in [0, 0.05) is 25.4 Å². The summed E-state index contributed by atoms with van der Waals surface area (Å²) in [6.45, 7) is 0.812. The van der Waals surface area contributed by atoms with Crippen molar-refractivity contribution >= 4 is 5.96 Å². The number of nitrogens with zero attached hydrogens (tertiary/aromatic N) is 2. The number of methoxy groups -OCH3 is 1. The molecule has 0 fully saturated rings. The van der Waals surface area contributed by atoms with E-state index in [9.17, 15) is 4.39 Å². The molecule has 0 amide bonds. The molecule has 0 aliphatic carbocycles.